The summed E-state index contributed by atoms with van der Waals surface area (Å²) < 4.78 is 70.6. The average molecular weight is 516 g/mol. The van der Waals surface area contributed by atoms with E-state index in [-0.39, 0.29) is 13.0 Å². The van der Waals surface area contributed by atoms with Crippen LogP contribution in [0.25, 0.3) is 0 Å². The van der Waals surface area contributed by atoms with E-state index in [4.69, 9.17) is 4.74 Å². The van der Waals surface area contributed by atoms with E-state index in [2.05, 4.69) is 5.32 Å². The normalized spacial score (nSPS) is 18.9. The van der Waals surface area contributed by atoms with Gasteiger partial charge in [-0.15, -0.1) is 0 Å². The lowest BCUT2D eigenvalue weighted by atomic mass is 9.95. The third kappa shape index (κ3) is 7.76. The monoisotopic (exact) mass is 515 g/mol. The van der Waals surface area contributed by atoms with E-state index in [9.17, 15) is 41.1 Å². The number of Topliss-reactive ketones (excluding diaryl/α,β-unsaturated/α-hetero) is 1. The Morgan fingerprint density at radius 1 is 0.886 bits per heavy atom. The number of alkyl carbamates (subject to hydrolysis) is 1. The molecule has 0 aliphatic carbocycles. The number of ether oxygens (including phenoxy) is 1. The smallest absolute Gasteiger partial charge is 0.444 e. The Bertz CT molecular complexity index is 808. The fourth-order valence-electron chi connectivity index (χ4n) is 3.55. The number of likely N-dealkylation sites (tertiary alicyclic amines) is 1. The van der Waals surface area contributed by atoms with Crippen molar-refractivity contribution in [1.82, 2.24) is 15.5 Å². The molecule has 0 saturated carbocycles. The molecule has 1 heterocycles. The molecule has 1 rings (SSSR count). The maximum atomic E-state index is 13.7. The van der Waals surface area contributed by atoms with Gasteiger partial charge in [0, 0.05) is 6.54 Å². The Labute approximate surface area is 201 Å². The van der Waals surface area contributed by atoms with Crippen molar-refractivity contribution in [3.63, 3.8) is 0 Å². The predicted molar refractivity (Wildman–Crippen MR) is 116 cm³/mol. The van der Waals surface area contributed by atoms with Crippen LogP contribution in [0.4, 0.5) is 26.7 Å². The molecule has 1 fully saturated rings. The van der Waals surface area contributed by atoms with Gasteiger partial charge in [0.25, 0.3) is 0 Å². The topological polar surface area (TPSA) is 105 Å². The van der Waals surface area contributed by atoms with E-state index in [0.717, 1.165) is 4.90 Å². The molecule has 0 aromatic rings. The van der Waals surface area contributed by atoms with Gasteiger partial charge in [0.05, 0.1) is 6.04 Å². The Hall–Kier alpha value is -2.47. The van der Waals surface area contributed by atoms with Crippen LogP contribution in [0.5, 0.6) is 0 Å². The summed E-state index contributed by atoms with van der Waals surface area (Å²) in [6, 6.07) is -4.43. The number of halogens is 5. The molecule has 0 radical (unpaired) electrons. The fourth-order valence-corrected chi connectivity index (χ4v) is 3.55. The van der Waals surface area contributed by atoms with Gasteiger partial charge in [-0.05, 0) is 45.4 Å². The molecule has 3 amide bonds. The van der Waals surface area contributed by atoms with Crippen molar-refractivity contribution in [1.29, 1.82) is 0 Å². The molecule has 8 nitrogen and oxygen atoms in total. The van der Waals surface area contributed by atoms with Gasteiger partial charge in [0.1, 0.15) is 17.7 Å². The van der Waals surface area contributed by atoms with Crippen LogP contribution < -0.4 is 10.6 Å². The summed E-state index contributed by atoms with van der Waals surface area (Å²) >= 11 is 0. The number of hydrogen-bond acceptors (Lipinski definition) is 5. The molecule has 1 unspecified atom stereocenters. The zero-order valence-corrected chi connectivity index (χ0v) is 20.9. The zero-order valence-electron chi connectivity index (χ0n) is 20.9. The van der Waals surface area contributed by atoms with Gasteiger partial charge in [0.15, 0.2) is 0 Å². The van der Waals surface area contributed by atoms with Gasteiger partial charge in [-0.1, -0.05) is 27.7 Å². The summed E-state index contributed by atoms with van der Waals surface area (Å²) in [4.78, 5) is 51.4. The standard InChI is InChI=1S/C22H34F5N3O5/c1-11(2)14(16(31)21(23,24)22(25,26)27)28-17(32)13-9-8-10-30(13)18(33)15(12(3)4)29-19(34)35-20(5,6)7/h11-15H,8-10H2,1-7H3,(H,28,32)(H,29,34)/t13-,14?,15-/m0/s1. The van der Waals surface area contributed by atoms with Crippen molar-refractivity contribution in [2.45, 2.75) is 97.1 Å². The van der Waals surface area contributed by atoms with Gasteiger partial charge in [0.2, 0.25) is 17.6 Å². The molecular weight excluding hydrogens is 481 g/mol. The van der Waals surface area contributed by atoms with Crippen molar-refractivity contribution in [2.24, 2.45) is 11.8 Å². The van der Waals surface area contributed by atoms with Crippen LogP contribution in [0.15, 0.2) is 0 Å². The minimum atomic E-state index is -6.12. The molecule has 2 N–H and O–H groups in total. The van der Waals surface area contributed by atoms with Crippen LogP contribution in [0, 0.1) is 11.8 Å². The quantitative estimate of drug-likeness (QED) is 0.482. The molecule has 0 spiro atoms. The first-order valence-corrected chi connectivity index (χ1v) is 11.3. The van der Waals surface area contributed by atoms with Crippen molar-refractivity contribution >= 4 is 23.7 Å². The minimum absolute atomic E-state index is 0.0924. The second-order valence-corrected chi connectivity index (χ2v) is 10.2. The highest BCUT2D eigenvalue weighted by Gasteiger charge is 2.64. The van der Waals surface area contributed by atoms with Gasteiger partial charge in [-0.3, -0.25) is 14.4 Å². The van der Waals surface area contributed by atoms with Gasteiger partial charge < -0.3 is 20.3 Å². The number of nitrogens with one attached hydrogen (secondary N) is 2. The van der Waals surface area contributed by atoms with E-state index in [0.29, 0.717) is 6.42 Å². The van der Waals surface area contributed by atoms with Gasteiger partial charge in [-0.2, -0.15) is 22.0 Å². The van der Waals surface area contributed by atoms with Crippen LogP contribution in [-0.2, 0) is 19.1 Å². The SMILES string of the molecule is CC(C)C(NC(=O)[C@@H]1CCCN1C(=O)[C@@H](NC(=O)OC(C)(C)C)C(C)C)C(=O)C(F)(F)C(F)(F)F. The Kier molecular flexibility index (Phi) is 9.66. The maximum Gasteiger partial charge on any atom is 0.461 e. The van der Waals surface area contributed by atoms with E-state index >= 15 is 0 Å². The number of rotatable bonds is 8. The first-order valence-electron chi connectivity index (χ1n) is 11.3. The summed E-state index contributed by atoms with van der Waals surface area (Å²) in [5.41, 5.74) is -0.832. The number of nitrogens with zero attached hydrogens (tertiary/aromatic N) is 1. The van der Waals surface area contributed by atoms with Gasteiger partial charge in [-0.25, -0.2) is 4.79 Å². The van der Waals surface area contributed by atoms with Crippen LogP contribution >= 0.6 is 0 Å². The van der Waals surface area contributed by atoms with Crippen LogP contribution in [-0.4, -0.2) is 71.0 Å². The van der Waals surface area contributed by atoms with Crippen LogP contribution in [0.1, 0.15) is 61.3 Å². The molecule has 1 saturated heterocycles. The number of amides is 3. The number of hydrogen-bond donors (Lipinski definition) is 2. The second kappa shape index (κ2) is 11.1. The molecule has 1 aliphatic rings. The molecule has 0 aromatic carbocycles. The first-order chi connectivity index (χ1) is 15.7. The lowest BCUT2D eigenvalue weighted by molar-refractivity contribution is -0.270. The number of alkyl halides is 5. The van der Waals surface area contributed by atoms with Crippen molar-refractivity contribution in [3.8, 4) is 0 Å². The third-order valence-corrected chi connectivity index (χ3v) is 5.36. The average Bonchev–Trinajstić information content (AvgIpc) is 3.16. The Morgan fingerprint density at radius 2 is 1.40 bits per heavy atom. The maximum absolute atomic E-state index is 13.7. The summed E-state index contributed by atoms with van der Waals surface area (Å²) in [5, 5.41) is 4.45. The van der Waals surface area contributed by atoms with Crippen molar-refractivity contribution < 1.29 is 45.9 Å². The lowest BCUT2D eigenvalue weighted by Crippen LogP contribution is -2.60. The fraction of sp³-hybridized carbons (Fsp3) is 0.818. The predicted octanol–water partition coefficient (Wildman–Crippen LogP) is 3.43. The molecular formula is C22H34F5N3O5. The number of carbonyl (C=O) groups excluding carboxylic acids is 4. The van der Waals surface area contributed by atoms with Crippen molar-refractivity contribution in [2.75, 3.05) is 6.54 Å². The summed E-state index contributed by atoms with van der Waals surface area (Å²) in [6.45, 7) is 10.7. The second-order valence-electron chi connectivity index (χ2n) is 10.2. The molecule has 202 valence electrons. The molecule has 13 heteroatoms. The molecule has 0 bridgehead atoms. The third-order valence-electron chi connectivity index (χ3n) is 5.36. The van der Waals surface area contributed by atoms with Crippen LogP contribution in [0.2, 0.25) is 0 Å². The van der Waals surface area contributed by atoms with E-state index < -0.39 is 71.4 Å². The highest BCUT2D eigenvalue weighted by molar-refractivity contribution is 5.97. The minimum Gasteiger partial charge on any atom is -0.444 e. The molecule has 35 heavy (non-hydrogen) atoms. The number of ketones is 1. The summed E-state index contributed by atoms with van der Waals surface area (Å²) in [6.07, 6.45) is -6.52. The summed E-state index contributed by atoms with van der Waals surface area (Å²) in [7, 11) is 0. The zero-order chi connectivity index (χ0) is 27.5. The van der Waals surface area contributed by atoms with Crippen LogP contribution in [0.3, 0.4) is 0 Å². The lowest BCUT2D eigenvalue weighted by Gasteiger charge is -2.32. The summed E-state index contributed by atoms with van der Waals surface area (Å²) in [5.74, 6) is -11.3. The van der Waals surface area contributed by atoms with Gasteiger partial charge >= 0.3 is 18.2 Å². The highest BCUT2D eigenvalue weighted by atomic mass is 19.4. The number of carbonyl (C=O) groups is 4. The molecule has 1 aliphatic heterocycles. The highest BCUT2D eigenvalue weighted by Crippen LogP contribution is 2.37. The van der Waals surface area contributed by atoms with E-state index in [1.54, 1.807) is 34.6 Å². The largest absolute Gasteiger partial charge is 0.461 e. The molecule has 3 atom stereocenters. The Morgan fingerprint density at radius 3 is 1.83 bits per heavy atom. The van der Waals surface area contributed by atoms with E-state index in [1.165, 1.54) is 13.8 Å². The first kappa shape index (κ1) is 30.6. The van der Waals surface area contributed by atoms with E-state index in [1.807, 2.05) is 5.32 Å². The Balaban J connectivity index is 3.08. The van der Waals surface area contributed by atoms with Crippen molar-refractivity contribution in [3.05, 3.63) is 0 Å². The molecule has 0 aromatic heterocycles.